The van der Waals surface area contributed by atoms with Gasteiger partial charge >= 0.3 is 0 Å². The van der Waals surface area contributed by atoms with Gasteiger partial charge in [0, 0.05) is 28.2 Å². The van der Waals surface area contributed by atoms with Gasteiger partial charge in [0.2, 0.25) is 0 Å². The van der Waals surface area contributed by atoms with Crippen LogP contribution in [0.4, 0.5) is 0 Å². The fraction of sp³-hybridized carbons (Fsp3) is 0.182. The average Bonchev–Trinajstić information content (AvgIpc) is 3.34. The molecule has 0 aliphatic carbocycles. The zero-order valence-corrected chi connectivity index (χ0v) is 21.9. The molecule has 0 unspecified atom stereocenters. The van der Waals surface area contributed by atoms with Crippen LogP contribution < -0.4 is 10.1 Å². The van der Waals surface area contributed by atoms with Crippen molar-refractivity contribution in [2.75, 3.05) is 6.61 Å². The molecular weight excluding hydrogens is 488 g/mol. The zero-order chi connectivity index (χ0) is 27.4. The smallest absolute Gasteiger partial charge is 0.255 e. The average molecular weight is 519 g/mol. The molecule has 6 nitrogen and oxygen atoms in total. The van der Waals surface area contributed by atoms with Gasteiger partial charge < -0.3 is 25.3 Å². The molecule has 1 amide bonds. The number of fused-ring (bicyclic) bond motifs is 2. The minimum atomic E-state index is -0.476. The van der Waals surface area contributed by atoms with E-state index in [4.69, 9.17) is 4.74 Å². The molecule has 4 N–H and O–H groups in total. The lowest BCUT2D eigenvalue weighted by molar-refractivity contribution is 0.0910. The zero-order valence-electron chi connectivity index (χ0n) is 21.9. The Morgan fingerprint density at radius 1 is 0.949 bits per heavy atom. The first-order valence-electron chi connectivity index (χ1n) is 12.9. The summed E-state index contributed by atoms with van der Waals surface area (Å²) in [4.78, 5) is 16.7. The second kappa shape index (κ2) is 11.3. The summed E-state index contributed by atoms with van der Waals surface area (Å²) in [6.45, 7) is 3.61. The van der Waals surface area contributed by atoms with Crippen molar-refractivity contribution >= 4 is 27.6 Å². The van der Waals surface area contributed by atoms with Crippen LogP contribution in [0.1, 0.15) is 40.9 Å². The normalized spacial score (nSPS) is 11.8. The molecule has 196 valence electrons. The van der Waals surface area contributed by atoms with Gasteiger partial charge in [-0.25, -0.2) is 0 Å². The molecule has 0 spiro atoms. The number of phenols is 1. The molecule has 0 aliphatic rings. The Bertz CT molecular complexity index is 1710. The van der Waals surface area contributed by atoms with Crippen LogP contribution in [-0.4, -0.2) is 39.9 Å². The van der Waals surface area contributed by atoms with Crippen molar-refractivity contribution in [2.45, 2.75) is 32.4 Å². The maximum Gasteiger partial charge on any atom is 0.255 e. The van der Waals surface area contributed by atoms with Gasteiger partial charge in [0.1, 0.15) is 11.5 Å². The van der Waals surface area contributed by atoms with Crippen LogP contribution in [0.25, 0.3) is 21.7 Å². The fourth-order valence-electron chi connectivity index (χ4n) is 4.59. The molecule has 0 saturated carbocycles. The molecule has 0 bridgehead atoms. The third-order valence-electron chi connectivity index (χ3n) is 6.46. The molecule has 0 fully saturated rings. The summed E-state index contributed by atoms with van der Waals surface area (Å²) in [5.41, 5.74) is 3.88. The predicted molar refractivity (Wildman–Crippen MR) is 154 cm³/mol. The summed E-state index contributed by atoms with van der Waals surface area (Å²) in [5, 5.41) is 25.7. The van der Waals surface area contributed by atoms with Gasteiger partial charge in [0.15, 0.2) is 0 Å². The number of para-hydroxylation sites is 1. The number of ether oxygens (including phenoxy) is 1. The van der Waals surface area contributed by atoms with Crippen LogP contribution in [0.3, 0.4) is 0 Å². The van der Waals surface area contributed by atoms with Crippen LogP contribution in [0.15, 0.2) is 85.1 Å². The minimum absolute atomic E-state index is 0.120. The third kappa shape index (κ3) is 6.06. The number of aromatic hydroxyl groups is 1. The van der Waals surface area contributed by atoms with E-state index in [1.807, 2.05) is 74.6 Å². The molecule has 5 rings (SSSR count). The van der Waals surface area contributed by atoms with Gasteiger partial charge in [0.05, 0.1) is 24.3 Å². The van der Waals surface area contributed by atoms with E-state index in [0.29, 0.717) is 23.3 Å². The van der Waals surface area contributed by atoms with Crippen LogP contribution in [-0.2, 0) is 6.42 Å². The highest BCUT2D eigenvalue weighted by Crippen LogP contribution is 2.24. The number of rotatable bonds is 7. The van der Waals surface area contributed by atoms with Gasteiger partial charge in [-0.2, -0.15) is 0 Å². The first-order chi connectivity index (χ1) is 18.9. The largest absolute Gasteiger partial charge is 0.508 e. The topological polar surface area (TPSA) is 94.6 Å². The Balaban J connectivity index is 1.39. The van der Waals surface area contributed by atoms with E-state index in [1.165, 1.54) is 0 Å². The summed E-state index contributed by atoms with van der Waals surface area (Å²) >= 11 is 0. The molecule has 1 atom stereocenters. The van der Waals surface area contributed by atoms with Gasteiger partial charge in [-0.3, -0.25) is 4.79 Å². The number of aliphatic hydroxyl groups is 1. The summed E-state index contributed by atoms with van der Waals surface area (Å²) in [6.07, 6.45) is 2.27. The Kier molecular flexibility index (Phi) is 7.53. The number of carbonyl (C=O) groups excluding carboxylic acids is 1. The van der Waals surface area contributed by atoms with E-state index in [9.17, 15) is 15.0 Å². The van der Waals surface area contributed by atoms with Crippen molar-refractivity contribution in [2.24, 2.45) is 0 Å². The highest BCUT2D eigenvalue weighted by atomic mass is 16.5. The Hall–Kier alpha value is -4.73. The number of H-pyrrole nitrogens is 1. The number of aromatic nitrogens is 1. The van der Waals surface area contributed by atoms with E-state index in [-0.39, 0.29) is 24.4 Å². The highest BCUT2D eigenvalue weighted by molar-refractivity contribution is 5.97. The molecule has 6 heteroatoms. The van der Waals surface area contributed by atoms with Crippen molar-refractivity contribution in [1.29, 1.82) is 0 Å². The van der Waals surface area contributed by atoms with Gasteiger partial charge in [-0.15, -0.1) is 0 Å². The lowest BCUT2D eigenvalue weighted by Gasteiger charge is -2.19. The van der Waals surface area contributed by atoms with Crippen LogP contribution in [0.5, 0.6) is 11.5 Å². The fourth-order valence-corrected chi connectivity index (χ4v) is 4.59. The van der Waals surface area contributed by atoms with Gasteiger partial charge in [0.25, 0.3) is 5.91 Å². The van der Waals surface area contributed by atoms with Crippen molar-refractivity contribution in [3.63, 3.8) is 0 Å². The molecule has 0 saturated heterocycles. The lowest BCUT2D eigenvalue weighted by Crippen LogP contribution is -2.39. The maximum absolute atomic E-state index is 13.4. The van der Waals surface area contributed by atoms with E-state index < -0.39 is 6.04 Å². The molecule has 5 aromatic rings. The van der Waals surface area contributed by atoms with E-state index in [2.05, 4.69) is 22.1 Å². The summed E-state index contributed by atoms with van der Waals surface area (Å²) in [7, 11) is 0. The second-order valence-electron chi connectivity index (χ2n) is 9.79. The van der Waals surface area contributed by atoms with Crippen LogP contribution in [0.2, 0.25) is 0 Å². The molecule has 1 heterocycles. The molecule has 4 aromatic carbocycles. The van der Waals surface area contributed by atoms with Crippen LogP contribution in [0, 0.1) is 11.8 Å². The Morgan fingerprint density at radius 3 is 2.46 bits per heavy atom. The van der Waals surface area contributed by atoms with E-state index >= 15 is 0 Å². The number of carbonyl (C=O) groups is 1. The number of aliphatic hydroxyl groups excluding tert-OH is 1. The quantitative estimate of drug-likeness (QED) is 0.213. The van der Waals surface area contributed by atoms with E-state index in [1.54, 1.807) is 24.3 Å². The highest BCUT2D eigenvalue weighted by Gasteiger charge is 2.19. The number of nitrogens with one attached hydrogen (secondary N) is 2. The number of benzene rings is 4. The molecule has 0 radical (unpaired) electrons. The molecule has 0 aliphatic heterocycles. The Labute approximate surface area is 227 Å². The SMILES string of the molecule is CC(C)Oc1ccc(C#Cc2ccc3cc(O)ccc3c2)cc1C(=O)N[C@@H](CO)Cc1c[nH]c2ccccc12. The van der Waals surface area contributed by atoms with Gasteiger partial charge in [-0.1, -0.05) is 42.2 Å². The molecule has 1 aromatic heterocycles. The number of amides is 1. The van der Waals surface area contributed by atoms with Crippen LogP contribution >= 0.6 is 0 Å². The first-order valence-corrected chi connectivity index (χ1v) is 12.9. The summed E-state index contributed by atoms with van der Waals surface area (Å²) < 4.78 is 5.92. The lowest BCUT2D eigenvalue weighted by atomic mass is 10.0. The minimum Gasteiger partial charge on any atom is -0.508 e. The monoisotopic (exact) mass is 518 g/mol. The summed E-state index contributed by atoms with van der Waals surface area (Å²) in [5.74, 6) is 6.66. The predicted octanol–water partition coefficient (Wildman–Crippen LogP) is 5.55. The molecular formula is C33H30N2O4. The van der Waals surface area contributed by atoms with Crippen molar-refractivity contribution in [1.82, 2.24) is 10.3 Å². The third-order valence-corrected chi connectivity index (χ3v) is 6.46. The van der Waals surface area contributed by atoms with Crippen molar-refractivity contribution in [3.05, 3.63) is 107 Å². The second-order valence-corrected chi connectivity index (χ2v) is 9.79. The maximum atomic E-state index is 13.4. The van der Waals surface area contributed by atoms with Gasteiger partial charge in [-0.05, 0) is 85.1 Å². The Morgan fingerprint density at radius 2 is 1.67 bits per heavy atom. The van der Waals surface area contributed by atoms with Crippen molar-refractivity contribution in [3.8, 4) is 23.3 Å². The number of phenolic OH excluding ortho intramolecular Hbond substituents is 1. The van der Waals surface area contributed by atoms with E-state index in [0.717, 1.165) is 32.8 Å². The number of hydrogen-bond donors (Lipinski definition) is 4. The number of aromatic amines is 1. The number of hydrogen-bond acceptors (Lipinski definition) is 4. The molecule has 39 heavy (non-hydrogen) atoms. The van der Waals surface area contributed by atoms with Crippen molar-refractivity contribution < 1.29 is 19.7 Å². The summed E-state index contributed by atoms with van der Waals surface area (Å²) in [6, 6.07) is 23.8. The standard InChI is InChI=1S/C33H30N2O4/c1-21(2)39-32-14-10-23(8-7-22-9-11-25-18-28(37)13-12-24(25)15-22)16-30(32)33(38)35-27(20-36)17-26-19-34-31-6-4-3-5-29(26)31/h3-6,9-16,18-19,21,27,34,36-37H,17,20H2,1-2H3,(H,35,38)/t27-/m1/s1. The first kappa shape index (κ1) is 25.9.